The molecule has 0 spiro atoms. The lowest BCUT2D eigenvalue weighted by Gasteiger charge is -2.21. The summed E-state index contributed by atoms with van der Waals surface area (Å²) in [5, 5.41) is 7.65. The molecule has 1 aliphatic carbocycles. The molecule has 2 aliphatic rings. The summed E-state index contributed by atoms with van der Waals surface area (Å²) in [6.45, 7) is 6.41. The minimum absolute atomic E-state index is 0.0137. The number of aromatic nitrogens is 3. The molecule has 0 unspecified atom stereocenters. The first-order valence-electron chi connectivity index (χ1n) is 8.87. The van der Waals surface area contributed by atoms with Crippen molar-refractivity contribution in [3.63, 3.8) is 0 Å². The van der Waals surface area contributed by atoms with E-state index in [9.17, 15) is 9.18 Å². The molecule has 2 aromatic rings. The highest BCUT2D eigenvalue weighted by Crippen LogP contribution is 2.40. The lowest BCUT2D eigenvalue weighted by atomic mass is 9.95. The summed E-state index contributed by atoms with van der Waals surface area (Å²) in [7, 11) is 0. The van der Waals surface area contributed by atoms with Gasteiger partial charge in [0.1, 0.15) is 0 Å². The summed E-state index contributed by atoms with van der Waals surface area (Å²) >= 11 is 0. The minimum Gasteiger partial charge on any atom is -0.347 e. The molecule has 1 saturated carbocycles. The molecule has 1 N–H and O–H groups in total. The normalized spacial score (nSPS) is 19.8. The molecule has 1 atom stereocenters. The monoisotopic (exact) mass is 342 g/mol. The van der Waals surface area contributed by atoms with Gasteiger partial charge in [0, 0.05) is 29.1 Å². The largest absolute Gasteiger partial charge is 0.347 e. The van der Waals surface area contributed by atoms with E-state index in [4.69, 9.17) is 0 Å². The number of pyridine rings is 1. The number of aryl methyl sites for hydroxylation is 1. The molecule has 0 aromatic carbocycles. The van der Waals surface area contributed by atoms with E-state index in [0.717, 1.165) is 37.2 Å². The summed E-state index contributed by atoms with van der Waals surface area (Å²) in [5.41, 5.74) is 2.57. The molecule has 0 saturated heterocycles. The number of fused-ring (bicyclic) bond motifs is 1. The maximum absolute atomic E-state index is 14.3. The standard InChI is InChI=1S/C19H23FN4O/c1-19(2,3)18(25)22-14-6-7-24-17(14)9-16(23-24)12-8-15(11-4-5-11)21-10-13(12)20/h8-11,14H,4-7H2,1-3H3,(H,22,25)/t14-/m0/s1. The van der Waals surface area contributed by atoms with Gasteiger partial charge in [0.2, 0.25) is 5.91 Å². The van der Waals surface area contributed by atoms with Crippen LogP contribution < -0.4 is 5.32 Å². The van der Waals surface area contributed by atoms with Gasteiger partial charge in [-0.3, -0.25) is 14.5 Å². The Balaban J connectivity index is 1.62. The number of hydrogen-bond donors (Lipinski definition) is 1. The van der Waals surface area contributed by atoms with Crippen LogP contribution in [-0.4, -0.2) is 20.7 Å². The molecule has 1 amide bonds. The molecule has 0 bridgehead atoms. The SMILES string of the molecule is CC(C)(C)C(=O)N[C@H]1CCn2nc(-c3cc(C4CC4)ncc3F)cc21. The zero-order valence-corrected chi connectivity index (χ0v) is 14.8. The molecule has 0 radical (unpaired) electrons. The number of nitrogens with zero attached hydrogens (tertiary/aromatic N) is 3. The van der Waals surface area contributed by atoms with Crippen LogP contribution in [0.2, 0.25) is 0 Å². The van der Waals surface area contributed by atoms with Crippen LogP contribution in [0.3, 0.4) is 0 Å². The molecule has 5 nitrogen and oxygen atoms in total. The van der Waals surface area contributed by atoms with Gasteiger partial charge >= 0.3 is 0 Å². The Morgan fingerprint density at radius 1 is 1.28 bits per heavy atom. The van der Waals surface area contributed by atoms with Crippen LogP contribution in [0, 0.1) is 11.2 Å². The average molecular weight is 342 g/mol. The van der Waals surface area contributed by atoms with Crippen molar-refractivity contribution < 1.29 is 9.18 Å². The van der Waals surface area contributed by atoms with E-state index < -0.39 is 5.41 Å². The second-order valence-electron chi connectivity index (χ2n) is 8.11. The fraction of sp³-hybridized carbons (Fsp3) is 0.526. The highest BCUT2D eigenvalue weighted by molar-refractivity contribution is 5.81. The topological polar surface area (TPSA) is 59.8 Å². The zero-order chi connectivity index (χ0) is 17.8. The van der Waals surface area contributed by atoms with Gasteiger partial charge in [-0.2, -0.15) is 5.10 Å². The van der Waals surface area contributed by atoms with Crippen molar-refractivity contribution in [2.45, 2.75) is 58.5 Å². The molecular formula is C19H23FN4O. The van der Waals surface area contributed by atoms with E-state index in [1.807, 2.05) is 37.6 Å². The summed E-state index contributed by atoms with van der Waals surface area (Å²) in [6, 6.07) is 3.66. The van der Waals surface area contributed by atoms with Gasteiger partial charge in [-0.1, -0.05) is 20.8 Å². The van der Waals surface area contributed by atoms with Crippen molar-refractivity contribution in [2.75, 3.05) is 0 Å². The fourth-order valence-electron chi connectivity index (χ4n) is 3.20. The third-order valence-electron chi connectivity index (χ3n) is 4.93. The molecule has 1 aliphatic heterocycles. The van der Waals surface area contributed by atoms with Crippen LogP contribution in [0.5, 0.6) is 0 Å². The van der Waals surface area contributed by atoms with Gasteiger partial charge < -0.3 is 5.32 Å². The van der Waals surface area contributed by atoms with Gasteiger partial charge in [-0.25, -0.2) is 4.39 Å². The van der Waals surface area contributed by atoms with Crippen molar-refractivity contribution >= 4 is 5.91 Å². The van der Waals surface area contributed by atoms with Crippen molar-refractivity contribution in [1.82, 2.24) is 20.1 Å². The molecule has 2 aromatic heterocycles. The van der Waals surface area contributed by atoms with Crippen LogP contribution in [0.1, 0.15) is 63.4 Å². The minimum atomic E-state index is -0.438. The lowest BCUT2D eigenvalue weighted by Crippen LogP contribution is -2.36. The third kappa shape index (κ3) is 3.05. The van der Waals surface area contributed by atoms with Gasteiger partial charge in [-0.15, -0.1) is 0 Å². The van der Waals surface area contributed by atoms with E-state index >= 15 is 0 Å². The van der Waals surface area contributed by atoms with E-state index in [-0.39, 0.29) is 17.8 Å². The number of carbonyl (C=O) groups is 1. The average Bonchev–Trinajstić information content (AvgIpc) is 3.20. The van der Waals surface area contributed by atoms with Gasteiger partial charge in [0.25, 0.3) is 0 Å². The number of hydrogen-bond acceptors (Lipinski definition) is 3. The summed E-state index contributed by atoms with van der Waals surface area (Å²) in [5.74, 6) is 0.129. The molecule has 4 rings (SSSR count). The maximum Gasteiger partial charge on any atom is 0.225 e. The number of halogens is 1. The fourth-order valence-corrected chi connectivity index (χ4v) is 3.20. The van der Waals surface area contributed by atoms with Crippen molar-refractivity contribution in [1.29, 1.82) is 0 Å². The number of amides is 1. The van der Waals surface area contributed by atoms with Crippen LogP contribution in [0.4, 0.5) is 4.39 Å². The summed E-state index contributed by atoms with van der Waals surface area (Å²) in [4.78, 5) is 16.5. The number of carbonyl (C=O) groups excluding carboxylic acids is 1. The molecule has 132 valence electrons. The van der Waals surface area contributed by atoms with Gasteiger partial charge in [0.15, 0.2) is 5.82 Å². The van der Waals surface area contributed by atoms with Crippen LogP contribution in [0.25, 0.3) is 11.3 Å². The second kappa shape index (κ2) is 5.64. The van der Waals surface area contributed by atoms with E-state index in [0.29, 0.717) is 17.2 Å². The Labute approximate surface area is 146 Å². The Morgan fingerprint density at radius 2 is 2.04 bits per heavy atom. The van der Waals surface area contributed by atoms with Gasteiger partial charge in [0.05, 0.1) is 23.6 Å². The first kappa shape index (κ1) is 16.2. The molecule has 6 heteroatoms. The Bertz CT molecular complexity index is 832. The molecule has 1 fully saturated rings. The van der Waals surface area contributed by atoms with Crippen LogP contribution in [0.15, 0.2) is 18.3 Å². The number of rotatable bonds is 3. The van der Waals surface area contributed by atoms with Crippen LogP contribution in [-0.2, 0) is 11.3 Å². The number of nitrogens with one attached hydrogen (secondary N) is 1. The van der Waals surface area contributed by atoms with E-state index in [1.165, 1.54) is 6.20 Å². The summed E-state index contributed by atoms with van der Waals surface area (Å²) < 4.78 is 16.2. The molecule has 25 heavy (non-hydrogen) atoms. The Kier molecular flexibility index (Phi) is 3.67. The highest BCUT2D eigenvalue weighted by atomic mass is 19.1. The lowest BCUT2D eigenvalue weighted by molar-refractivity contribution is -0.129. The van der Waals surface area contributed by atoms with Gasteiger partial charge in [-0.05, 0) is 31.4 Å². The van der Waals surface area contributed by atoms with Crippen molar-refractivity contribution in [3.8, 4) is 11.3 Å². The predicted octanol–water partition coefficient (Wildman–Crippen LogP) is 3.57. The highest BCUT2D eigenvalue weighted by Gasteiger charge is 2.31. The Morgan fingerprint density at radius 3 is 2.72 bits per heavy atom. The van der Waals surface area contributed by atoms with E-state index in [1.54, 1.807) is 0 Å². The van der Waals surface area contributed by atoms with Crippen molar-refractivity contribution in [3.05, 3.63) is 35.5 Å². The second-order valence-corrected chi connectivity index (χ2v) is 8.11. The van der Waals surface area contributed by atoms with Crippen LogP contribution >= 0.6 is 0 Å². The third-order valence-corrected chi connectivity index (χ3v) is 4.93. The quantitative estimate of drug-likeness (QED) is 0.928. The Hall–Kier alpha value is -2.24. The maximum atomic E-state index is 14.3. The van der Waals surface area contributed by atoms with Crippen molar-refractivity contribution in [2.24, 2.45) is 5.41 Å². The van der Waals surface area contributed by atoms with E-state index in [2.05, 4.69) is 15.4 Å². The first-order chi connectivity index (χ1) is 11.8. The smallest absolute Gasteiger partial charge is 0.225 e. The molecular weight excluding hydrogens is 319 g/mol. The summed E-state index contributed by atoms with van der Waals surface area (Å²) in [6.07, 6.45) is 4.36. The molecule has 3 heterocycles. The first-order valence-corrected chi connectivity index (χ1v) is 8.87. The predicted molar refractivity (Wildman–Crippen MR) is 92.3 cm³/mol. The zero-order valence-electron chi connectivity index (χ0n) is 14.8.